The van der Waals surface area contributed by atoms with Gasteiger partial charge in [0.2, 0.25) is 5.91 Å². The smallest absolute Gasteiger partial charge is 0.254 e. The number of hydrogen-bond acceptors (Lipinski definition) is 6. The lowest BCUT2D eigenvalue weighted by Gasteiger charge is -2.36. The molecule has 0 aliphatic carbocycles. The van der Waals surface area contributed by atoms with E-state index >= 15 is 0 Å². The van der Waals surface area contributed by atoms with Gasteiger partial charge in [-0.25, -0.2) is 23.1 Å². The summed E-state index contributed by atoms with van der Waals surface area (Å²) in [6.45, 7) is 4.60. The Labute approximate surface area is 190 Å². The maximum atomic E-state index is 13.8. The fourth-order valence-corrected chi connectivity index (χ4v) is 5.05. The molecule has 0 N–H and O–H groups in total. The van der Waals surface area contributed by atoms with Gasteiger partial charge < -0.3 is 9.47 Å². The lowest BCUT2D eigenvalue weighted by atomic mass is 10.1. The molecule has 12 heteroatoms. The molecule has 4 heterocycles. The topological polar surface area (TPSA) is 84.2 Å². The van der Waals surface area contributed by atoms with Crippen LogP contribution in [0.15, 0.2) is 12.1 Å². The number of hydrogen-bond donors (Lipinski definition) is 0. The summed E-state index contributed by atoms with van der Waals surface area (Å²) in [6.07, 6.45) is 1.11. The van der Waals surface area contributed by atoms with Crippen molar-refractivity contribution < 1.29 is 22.8 Å². The first-order valence-corrected chi connectivity index (χ1v) is 11.2. The highest BCUT2D eigenvalue weighted by Crippen LogP contribution is 2.39. The molecule has 0 spiro atoms. The monoisotopic (exact) mass is 476 g/mol. The Morgan fingerprint density at radius 2 is 1.85 bits per heavy atom. The van der Waals surface area contributed by atoms with Gasteiger partial charge in [0.05, 0.1) is 11.7 Å². The molecule has 5 rings (SSSR count). The van der Waals surface area contributed by atoms with Gasteiger partial charge in [-0.2, -0.15) is 4.37 Å². The molecule has 8 nitrogen and oxygen atoms in total. The number of nitrogens with zero attached hydrogens (tertiary/aromatic N) is 6. The van der Waals surface area contributed by atoms with Crippen molar-refractivity contribution in [2.75, 3.05) is 18.0 Å². The van der Waals surface area contributed by atoms with Crippen molar-refractivity contribution in [3.8, 4) is 10.8 Å². The molecule has 2 amide bonds. The van der Waals surface area contributed by atoms with Crippen molar-refractivity contribution >= 4 is 29.2 Å². The van der Waals surface area contributed by atoms with Crippen molar-refractivity contribution in [3.63, 3.8) is 0 Å². The van der Waals surface area contributed by atoms with Crippen molar-refractivity contribution in [1.29, 1.82) is 0 Å². The number of amides is 2. The van der Waals surface area contributed by atoms with Crippen molar-refractivity contribution in [2.45, 2.75) is 39.3 Å². The largest absolute Gasteiger partial charge is 0.328 e. The van der Waals surface area contributed by atoms with Crippen LogP contribution < -0.4 is 4.90 Å². The van der Waals surface area contributed by atoms with Gasteiger partial charge in [-0.3, -0.25) is 14.5 Å². The summed E-state index contributed by atoms with van der Waals surface area (Å²) in [5, 5.41) is 0.598. The number of fused-ring (bicyclic) bond motifs is 1. The lowest BCUT2D eigenvalue weighted by molar-refractivity contribution is -0.117. The van der Waals surface area contributed by atoms with Gasteiger partial charge in [0.15, 0.2) is 34.1 Å². The van der Waals surface area contributed by atoms with Crippen LogP contribution in [0.1, 0.15) is 47.7 Å². The first-order chi connectivity index (χ1) is 15.8. The average molecular weight is 476 g/mol. The molecule has 1 saturated heterocycles. The van der Waals surface area contributed by atoms with Crippen LogP contribution in [0.5, 0.6) is 0 Å². The summed E-state index contributed by atoms with van der Waals surface area (Å²) in [5.41, 5.74) is 0.348. The minimum absolute atomic E-state index is 0.0609. The highest BCUT2D eigenvalue weighted by atomic mass is 32.1. The van der Waals surface area contributed by atoms with Crippen molar-refractivity contribution in [2.24, 2.45) is 0 Å². The van der Waals surface area contributed by atoms with Gasteiger partial charge >= 0.3 is 0 Å². The number of halogens is 3. The van der Waals surface area contributed by atoms with Crippen LogP contribution in [0, 0.1) is 24.4 Å². The van der Waals surface area contributed by atoms with E-state index in [1.165, 1.54) is 16.4 Å². The number of benzene rings is 1. The van der Waals surface area contributed by atoms with Crippen LogP contribution in [-0.2, 0) is 11.3 Å². The van der Waals surface area contributed by atoms with Crippen LogP contribution in [0.2, 0.25) is 0 Å². The number of rotatable bonds is 3. The number of carbonyl (C=O) groups is 2. The first kappa shape index (κ1) is 21.6. The van der Waals surface area contributed by atoms with E-state index in [9.17, 15) is 22.8 Å². The zero-order valence-corrected chi connectivity index (χ0v) is 18.6. The molecular formula is C21H19F3N6O2S. The Morgan fingerprint density at radius 3 is 2.45 bits per heavy atom. The van der Waals surface area contributed by atoms with E-state index in [0.717, 1.165) is 0 Å². The molecule has 2 aliphatic heterocycles. The molecule has 33 heavy (non-hydrogen) atoms. The van der Waals surface area contributed by atoms with E-state index in [1.54, 1.807) is 18.7 Å². The molecule has 1 atom stereocenters. The highest BCUT2D eigenvalue weighted by molar-refractivity contribution is 7.09. The average Bonchev–Trinajstić information content (AvgIpc) is 3.49. The van der Waals surface area contributed by atoms with Gasteiger partial charge in [0.25, 0.3) is 5.91 Å². The Morgan fingerprint density at radius 1 is 1.12 bits per heavy atom. The molecule has 0 bridgehead atoms. The highest BCUT2D eigenvalue weighted by Gasteiger charge is 2.38. The summed E-state index contributed by atoms with van der Waals surface area (Å²) in [7, 11) is 0. The summed E-state index contributed by atoms with van der Waals surface area (Å²) >= 11 is 1.19. The molecule has 2 aromatic heterocycles. The van der Waals surface area contributed by atoms with Crippen molar-refractivity contribution in [1.82, 2.24) is 23.8 Å². The Kier molecular flexibility index (Phi) is 5.19. The number of imidazole rings is 1. The predicted molar refractivity (Wildman–Crippen MR) is 113 cm³/mol. The van der Waals surface area contributed by atoms with Gasteiger partial charge in [0, 0.05) is 31.6 Å². The van der Waals surface area contributed by atoms with E-state index in [2.05, 4.69) is 9.36 Å². The van der Waals surface area contributed by atoms with Crippen LogP contribution in [0.3, 0.4) is 0 Å². The van der Waals surface area contributed by atoms with Gasteiger partial charge in [0.1, 0.15) is 5.82 Å². The summed E-state index contributed by atoms with van der Waals surface area (Å²) in [4.78, 5) is 37.9. The summed E-state index contributed by atoms with van der Waals surface area (Å²) in [6, 6.07) is 0.820. The van der Waals surface area contributed by atoms with E-state index in [-0.39, 0.29) is 18.0 Å². The van der Waals surface area contributed by atoms with E-state index in [1.807, 2.05) is 4.57 Å². The Balaban J connectivity index is 1.58. The van der Waals surface area contributed by atoms with Crippen LogP contribution in [0.25, 0.3) is 10.8 Å². The standard InChI is InChI=1S/C21H19F3N6O2S/c1-10-17-18(29-5-3-4-15(29)31)26-19(20-25-11(2)27-33-20)30(17)7-6-28(10)21(32)12-8-13(22)16(24)14(23)9-12/h8-10H,3-7H2,1-2H3/t10-/m1/s1. The van der Waals surface area contributed by atoms with Crippen molar-refractivity contribution in [3.05, 3.63) is 46.7 Å². The SMILES string of the molecule is Cc1nsc(-c2nc(N3CCCC3=O)c3n2CCN(C(=O)c2cc(F)c(F)c(F)c2)[C@@H]3C)n1. The van der Waals surface area contributed by atoms with Gasteiger partial charge in [-0.05, 0) is 43.9 Å². The third-order valence-electron chi connectivity index (χ3n) is 5.95. The maximum absolute atomic E-state index is 13.8. The second kappa shape index (κ2) is 7.94. The quantitative estimate of drug-likeness (QED) is 0.541. The van der Waals surface area contributed by atoms with Crippen LogP contribution in [-0.4, -0.2) is 48.7 Å². The molecule has 2 aliphatic rings. The van der Waals surface area contributed by atoms with E-state index in [0.29, 0.717) is 66.2 Å². The minimum atomic E-state index is -1.62. The first-order valence-electron chi connectivity index (χ1n) is 10.4. The zero-order chi connectivity index (χ0) is 23.4. The van der Waals surface area contributed by atoms with E-state index < -0.39 is 29.4 Å². The van der Waals surface area contributed by atoms with E-state index in [4.69, 9.17) is 4.98 Å². The summed E-state index contributed by atoms with van der Waals surface area (Å²) in [5.74, 6) is -3.56. The molecule has 3 aromatic rings. The number of aryl methyl sites for hydroxylation is 1. The zero-order valence-electron chi connectivity index (χ0n) is 17.8. The summed E-state index contributed by atoms with van der Waals surface area (Å²) < 4.78 is 47.0. The molecular weight excluding hydrogens is 457 g/mol. The number of anilines is 1. The second-order valence-corrected chi connectivity index (χ2v) is 8.77. The molecule has 0 unspecified atom stereocenters. The normalized spacial score (nSPS) is 18.2. The second-order valence-electron chi connectivity index (χ2n) is 8.02. The van der Waals surface area contributed by atoms with Gasteiger partial charge in [-0.15, -0.1) is 0 Å². The molecule has 172 valence electrons. The third-order valence-corrected chi connectivity index (χ3v) is 6.76. The molecule has 1 aromatic carbocycles. The third kappa shape index (κ3) is 3.48. The Bertz CT molecular complexity index is 1270. The fraction of sp³-hybridized carbons (Fsp3) is 0.381. The molecule has 0 saturated carbocycles. The Hall–Kier alpha value is -3.28. The minimum Gasteiger partial charge on any atom is -0.328 e. The van der Waals surface area contributed by atoms with Crippen LogP contribution in [0.4, 0.5) is 19.0 Å². The maximum Gasteiger partial charge on any atom is 0.254 e. The number of aromatic nitrogens is 4. The molecule has 0 radical (unpaired) electrons. The lowest BCUT2D eigenvalue weighted by Crippen LogP contribution is -2.42. The van der Waals surface area contributed by atoms with Crippen LogP contribution >= 0.6 is 11.5 Å². The fourth-order valence-electron chi connectivity index (χ4n) is 4.38. The predicted octanol–water partition coefficient (Wildman–Crippen LogP) is 3.47. The number of carbonyl (C=O) groups excluding carboxylic acids is 2. The van der Waals surface area contributed by atoms with Gasteiger partial charge in [-0.1, -0.05) is 0 Å². The molecule has 1 fully saturated rings.